The maximum atomic E-state index is 11.9. The second-order valence-electron chi connectivity index (χ2n) is 8.61. The molecule has 1 aliphatic carbocycles. The van der Waals surface area contributed by atoms with Crippen LogP contribution in [-0.4, -0.2) is 36.9 Å². The highest BCUT2D eigenvalue weighted by atomic mass is 16.8. The first kappa shape index (κ1) is 21.3. The average molecular weight is 418 g/mol. The zero-order valence-electron chi connectivity index (χ0n) is 17.6. The smallest absolute Gasteiger partial charge is 0.305 e. The lowest BCUT2D eigenvalue weighted by molar-refractivity contribution is -0.470. The van der Waals surface area contributed by atoms with Gasteiger partial charge in [0.1, 0.15) is 0 Å². The molecule has 4 aliphatic rings. The van der Waals surface area contributed by atoms with Crippen LogP contribution in [-0.2, 0) is 39.9 Å². The quantitative estimate of drug-likeness (QED) is 0.470. The van der Waals surface area contributed by atoms with Crippen LogP contribution in [0, 0.1) is 11.3 Å². The Labute approximate surface area is 177 Å². The van der Waals surface area contributed by atoms with E-state index in [0.717, 1.165) is 31.2 Å². The van der Waals surface area contributed by atoms with Crippen LogP contribution < -0.4 is 0 Å². The van der Waals surface area contributed by atoms with Crippen molar-refractivity contribution >= 4 is 11.9 Å². The van der Waals surface area contributed by atoms with Crippen molar-refractivity contribution in [3.63, 3.8) is 0 Å². The minimum atomic E-state index is -1.09. The number of carbonyl (C=O) groups is 2. The van der Waals surface area contributed by atoms with Gasteiger partial charge in [-0.1, -0.05) is 30.3 Å². The predicted molar refractivity (Wildman–Crippen MR) is 106 cm³/mol. The van der Waals surface area contributed by atoms with Crippen molar-refractivity contribution < 1.29 is 33.3 Å². The number of ether oxygens (including phenoxy) is 5. The van der Waals surface area contributed by atoms with Crippen LogP contribution in [0.4, 0.5) is 0 Å². The fraction of sp³-hybridized carbons (Fsp3) is 0.652. The van der Waals surface area contributed by atoms with Gasteiger partial charge in [0.2, 0.25) is 12.1 Å². The lowest BCUT2D eigenvalue weighted by atomic mass is 9.56. The molecule has 3 heterocycles. The third kappa shape index (κ3) is 4.24. The van der Waals surface area contributed by atoms with Crippen LogP contribution in [0.2, 0.25) is 0 Å². The third-order valence-electron chi connectivity index (χ3n) is 6.47. The summed E-state index contributed by atoms with van der Waals surface area (Å²) in [5, 5.41) is 0. The summed E-state index contributed by atoms with van der Waals surface area (Å²) in [5.74, 6) is -2.24. The molecule has 4 bridgehead atoms. The Kier molecular flexibility index (Phi) is 6.14. The molecule has 7 nitrogen and oxygen atoms in total. The van der Waals surface area contributed by atoms with E-state index in [1.54, 1.807) is 0 Å². The molecule has 0 radical (unpaired) electrons. The summed E-state index contributed by atoms with van der Waals surface area (Å²) in [7, 11) is 0. The molecule has 3 saturated heterocycles. The highest BCUT2D eigenvalue weighted by molar-refractivity contribution is 5.67. The van der Waals surface area contributed by atoms with Gasteiger partial charge in [-0.05, 0) is 36.7 Å². The lowest BCUT2D eigenvalue weighted by Gasteiger charge is -2.63. The Morgan fingerprint density at radius 1 is 1.13 bits per heavy atom. The first-order chi connectivity index (χ1) is 14.4. The van der Waals surface area contributed by atoms with E-state index in [1.165, 1.54) is 13.8 Å². The van der Waals surface area contributed by atoms with Crippen molar-refractivity contribution in [3.05, 3.63) is 35.9 Å². The number of hydrogen-bond donors (Lipinski definition) is 0. The van der Waals surface area contributed by atoms with E-state index in [-0.39, 0.29) is 11.3 Å². The van der Waals surface area contributed by atoms with Crippen LogP contribution in [0.5, 0.6) is 0 Å². The number of benzene rings is 1. The number of esters is 2. The molecule has 3 aliphatic heterocycles. The molecule has 1 aromatic rings. The molecule has 30 heavy (non-hydrogen) atoms. The molecule has 0 N–H and O–H groups in total. The van der Waals surface area contributed by atoms with Crippen molar-refractivity contribution in [1.29, 1.82) is 0 Å². The van der Waals surface area contributed by atoms with Gasteiger partial charge in [0, 0.05) is 33.3 Å². The summed E-state index contributed by atoms with van der Waals surface area (Å²) < 4.78 is 29.1. The Morgan fingerprint density at radius 2 is 1.93 bits per heavy atom. The summed E-state index contributed by atoms with van der Waals surface area (Å²) >= 11 is 0. The van der Waals surface area contributed by atoms with E-state index in [1.807, 2.05) is 30.3 Å². The van der Waals surface area contributed by atoms with Crippen molar-refractivity contribution in [2.24, 2.45) is 11.3 Å². The fourth-order valence-corrected chi connectivity index (χ4v) is 5.54. The predicted octanol–water partition coefficient (Wildman–Crippen LogP) is 3.70. The lowest BCUT2D eigenvalue weighted by Crippen LogP contribution is -2.70. The zero-order valence-corrected chi connectivity index (χ0v) is 17.6. The van der Waals surface area contributed by atoms with Crippen molar-refractivity contribution in [2.45, 2.75) is 77.3 Å². The molecule has 164 valence electrons. The van der Waals surface area contributed by atoms with Crippen molar-refractivity contribution in [2.75, 3.05) is 6.61 Å². The second kappa shape index (κ2) is 8.65. The maximum absolute atomic E-state index is 11.9. The molecule has 1 saturated carbocycles. The van der Waals surface area contributed by atoms with E-state index in [9.17, 15) is 9.59 Å². The van der Waals surface area contributed by atoms with Gasteiger partial charge in [0.15, 0.2) is 6.29 Å². The summed E-state index contributed by atoms with van der Waals surface area (Å²) in [6.45, 7) is 3.97. The average Bonchev–Trinajstić information content (AvgIpc) is 2.66. The molecular weight excluding hydrogens is 388 g/mol. The van der Waals surface area contributed by atoms with Crippen LogP contribution in [0.3, 0.4) is 0 Å². The largest absolute Gasteiger partial charge is 0.435 e. The maximum Gasteiger partial charge on any atom is 0.305 e. The topological polar surface area (TPSA) is 80.3 Å². The van der Waals surface area contributed by atoms with Gasteiger partial charge >= 0.3 is 11.9 Å². The number of carbonyl (C=O) groups excluding carboxylic acids is 2. The SMILES string of the molecule is CC(=O)O[C@@H]1O[C@H]2C[C@]3(CCCOCc4ccccc4)CCC[C@](OC(C)=O)(O2)[C@H]13. The summed E-state index contributed by atoms with van der Waals surface area (Å²) in [6, 6.07) is 10.1. The fourth-order valence-electron chi connectivity index (χ4n) is 5.54. The van der Waals surface area contributed by atoms with Gasteiger partial charge in [-0.15, -0.1) is 0 Å². The minimum absolute atomic E-state index is 0.176. The minimum Gasteiger partial charge on any atom is -0.435 e. The Hall–Kier alpha value is -1.96. The Morgan fingerprint density at radius 3 is 2.67 bits per heavy atom. The van der Waals surface area contributed by atoms with E-state index in [0.29, 0.717) is 26.1 Å². The molecule has 0 unspecified atom stereocenters. The number of hydrogen-bond acceptors (Lipinski definition) is 7. The van der Waals surface area contributed by atoms with Crippen LogP contribution in [0.25, 0.3) is 0 Å². The first-order valence-corrected chi connectivity index (χ1v) is 10.7. The molecule has 7 heteroatoms. The molecule has 5 atom stereocenters. The molecule has 5 rings (SSSR count). The van der Waals surface area contributed by atoms with Gasteiger partial charge in [-0.3, -0.25) is 9.59 Å². The highest BCUT2D eigenvalue weighted by Gasteiger charge is 2.69. The van der Waals surface area contributed by atoms with E-state index < -0.39 is 30.3 Å². The van der Waals surface area contributed by atoms with Crippen molar-refractivity contribution in [1.82, 2.24) is 0 Å². The normalized spacial score (nSPS) is 34.4. The van der Waals surface area contributed by atoms with Gasteiger partial charge in [0.25, 0.3) is 0 Å². The molecular formula is C23H30O7. The third-order valence-corrected chi connectivity index (χ3v) is 6.47. The van der Waals surface area contributed by atoms with Crippen LogP contribution in [0.1, 0.15) is 57.9 Å². The van der Waals surface area contributed by atoms with Gasteiger partial charge in [-0.2, -0.15) is 0 Å². The zero-order chi connectivity index (χ0) is 21.2. The number of rotatable bonds is 8. The second-order valence-corrected chi connectivity index (χ2v) is 8.61. The Bertz CT molecular complexity index is 766. The van der Waals surface area contributed by atoms with Crippen molar-refractivity contribution in [3.8, 4) is 0 Å². The summed E-state index contributed by atoms with van der Waals surface area (Å²) in [6.07, 6.45) is 3.55. The van der Waals surface area contributed by atoms with Gasteiger partial charge in [-0.25, -0.2) is 0 Å². The molecule has 4 fully saturated rings. The molecule has 0 amide bonds. The van der Waals surface area contributed by atoms with Crippen LogP contribution >= 0.6 is 0 Å². The highest BCUT2D eigenvalue weighted by Crippen LogP contribution is 2.63. The van der Waals surface area contributed by atoms with Crippen LogP contribution in [0.15, 0.2) is 30.3 Å². The van der Waals surface area contributed by atoms with E-state index in [4.69, 9.17) is 23.7 Å². The standard InChI is InChI=1S/C23H30O7/c1-16(24)27-21-20-22(11-7-13-26-15-18-8-4-3-5-9-18)10-6-12-23(20,29-17(2)25)30-19(14-22)28-21/h3-5,8-9,19-21H,6-7,10-15H2,1-2H3/t19-,20-,21-,22-,23+/m1/s1. The summed E-state index contributed by atoms with van der Waals surface area (Å²) in [5.41, 5.74) is 0.973. The Balaban J connectivity index is 1.46. The molecule has 0 spiro atoms. The number of fused-ring (bicyclic) bond motifs is 1. The monoisotopic (exact) mass is 418 g/mol. The first-order valence-electron chi connectivity index (χ1n) is 10.7. The molecule has 1 aromatic carbocycles. The summed E-state index contributed by atoms with van der Waals surface area (Å²) in [4.78, 5) is 23.6. The van der Waals surface area contributed by atoms with E-state index >= 15 is 0 Å². The van der Waals surface area contributed by atoms with Gasteiger partial charge < -0.3 is 23.7 Å². The van der Waals surface area contributed by atoms with E-state index in [2.05, 4.69) is 0 Å². The molecule has 0 aromatic heterocycles. The van der Waals surface area contributed by atoms with Gasteiger partial charge in [0.05, 0.1) is 12.5 Å².